The van der Waals surface area contributed by atoms with E-state index in [0.29, 0.717) is 5.92 Å². The van der Waals surface area contributed by atoms with Gasteiger partial charge in [-0.15, -0.1) is 5.10 Å². The van der Waals surface area contributed by atoms with E-state index in [0.717, 1.165) is 42.7 Å². The summed E-state index contributed by atoms with van der Waals surface area (Å²) in [6, 6.07) is 5.20. The summed E-state index contributed by atoms with van der Waals surface area (Å²) < 4.78 is 15.1. The van der Waals surface area contributed by atoms with Crippen LogP contribution in [0, 0.1) is 5.82 Å². The van der Waals surface area contributed by atoms with Gasteiger partial charge in [0.1, 0.15) is 5.82 Å². The van der Waals surface area contributed by atoms with Crippen LogP contribution in [0.3, 0.4) is 0 Å². The van der Waals surface area contributed by atoms with Crippen molar-refractivity contribution in [3.8, 4) is 0 Å². The summed E-state index contributed by atoms with van der Waals surface area (Å²) in [6.07, 6.45) is 4.21. The summed E-state index contributed by atoms with van der Waals surface area (Å²) in [4.78, 5) is 5.63. The van der Waals surface area contributed by atoms with Crippen molar-refractivity contribution in [2.45, 2.75) is 31.7 Å². The van der Waals surface area contributed by atoms with Gasteiger partial charge >= 0.3 is 0 Å². The fourth-order valence-electron chi connectivity index (χ4n) is 3.81. The molecule has 0 bridgehead atoms. The Morgan fingerprint density at radius 3 is 2.79 bits per heavy atom. The maximum absolute atomic E-state index is 13.4. The SMILES string of the molecule is C[C@@H](c1nnnn1C)N1CCC(c2c[nH]c3cc(F)ccc23)CC1. The third kappa shape index (κ3) is 2.58. The number of rotatable bonds is 3. The van der Waals surface area contributed by atoms with Gasteiger partial charge in [-0.05, 0) is 73.0 Å². The molecule has 0 spiro atoms. The first-order valence-electron chi connectivity index (χ1n) is 8.36. The first kappa shape index (κ1) is 15.3. The molecule has 0 aliphatic carbocycles. The van der Waals surface area contributed by atoms with Crippen molar-refractivity contribution in [3.63, 3.8) is 0 Å². The number of H-pyrrole nitrogens is 1. The van der Waals surface area contributed by atoms with Crippen LogP contribution in [-0.4, -0.2) is 43.2 Å². The molecule has 1 aliphatic heterocycles. The smallest absolute Gasteiger partial charge is 0.167 e. The fourth-order valence-corrected chi connectivity index (χ4v) is 3.81. The normalized spacial score (nSPS) is 18.3. The standard InChI is InChI=1S/C17H21FN6/c1-11(17-20-21-22-23(17)2)24-7-5-12(6-8-24)15-10-19-16-9-13(18)3-4-14(15)16/h3-4,9-12,19H,5-8H2,1-2H3/t11-/m0/s1. The molecule has 4 rings (SSSR count). The highest BCUT2D eigenvalue weighted by molar-refractivity contribution is 5.83. The molecule has 126 valence electrons. The van der Waals surface area contributed by atoms with E-state index >= 15 is 0 Å². The number of piperidine rings is 1. The van der Waals surface area contributed by atoms with Crippen LogP contribution in [0.15, 0.2) is 24.4 Å². The maximum atomic E-state index is 13.4. The summed E-state index contributed by atoms with van der Waals surface area (Å²) in [7, 11) is 1.88. The Hall–Kier alpha value is -2.28. The van der Waals surface area contributed by atoms with Gasteiger partial charge in [0, 0.05) is 24.1 Å². The number of nitrogens with zero attached hydrogens (tertiary/aromatic N) is 5. The summed E-state index contributed by atoms with van der Waals surface area (Å²) >= 11 is 0. The van der Waals surface area contributed by atoms with Crippen LogP contribution in [0.5, 0.6) is 0 Å². The van der Waals surface area contributed by atoms with E-state index in [4.69, 9.17) is 0 Å². The highest BCUT2D eigenvalue weighted by atomic mass is 19.1. The van der Waals surface area contributed by atoms with Crippen molar-refractivity contribution in [1.82, 2.24) is 30.1 Å². The zero-order valence-corrected chi connectivity index (χ0v) is 13.9. The van der Waals surface area contributed by atoms with E-state index in [1.807, 2.05) is 19.3 Å². The van der Waals surface area contributed by atoms with Crippen LogP contribution in [0.4, 0.5) is 4.39 Å². The first-order chi connectivity index (χ1) is 11.6. The number of aromatic amines is 1. The lowest BCUT2D eigenvalue weighted by Gasteiger charge is -2.35. The van der Waals surface area contributed by atoms with E-state index in [1.54, 1.807) is 10.7 Å². The number of likely N-dealkylation sites (tertiary alicyclic amines) is 1. The van der Waals surface area contributed by atoms with Gasteiger partial charge in [0.05, 0.1) is 6.04 Å². The average Bonchev–Trinajstić information content (AvgIpc) is 3.20. The molecule has 0 amide bonds. The number of hydrogen-bond acceptors (Lipinski definition) is 4. The van der Waals surface area contributed by atoms with E-state index in [1.165, 1.54) is 11.6 Å². The minimum absolute atomic E-state index is 0.197. The number of halogens is 1. The Morgan fingerprint density at radius 2 is 2.08 bits per heavy atom. The molecule has 0 radical (unpaired) electrons. The van der Waals surface area contributed by atoms with Crippen LogP contribution in [-0.2, 0) is 7.05 Å². The van der Waals surface area contributed by atoms with Crippen molar-refractivity contribution in [2.75, 3.05) is 13.1 Å². The number of nitrogens with one attached hydrogen (secondary N) is 1. The minimum atomic E-state index is -0.197. The lowest BCUT2D eigenvalue weighted by atomic mass is 9.88. The molecule has 0 saturated carbocycles. The zero-order valence-electron chi connectivity index (χ0n) is 13.9. The molecule has 1 aliphatic rings. The van der Waals surface area contributed by atoms with Crippen LogP contribution in [0.2, 0.25) is 0 Å². The molecule has 2 aromatic heterocycles. The predicted octanol–water partition coefficient (Wildman–Crippen LogP) is 2.77. The Bertz CT molecular complexity index is 846. The summed E-state index contributed by atoms with van der Waals surface area (Å²) in [5.41, 5.74) is 2.18. The topological polar surface area (TPSA) is 62.6 Å². The summed E-state index contributed by atoms with van der Waals surface area (Å²) in [5, 5.41) is 12.9. The van der Waals surface area contributed by atoms with Gasteiger partial charge in [-0.2, -0.15) is 0 Å². The number of aryl methyl sites for hydroxylation is 1. The van der Waals surface area contributed by atoms with Gasteiger partial charge in [0.25, 0.3) is 0 Å². The molecule has 1 fully saturated rings. The van der Waals surface area contributed by atoms with Gasteiger partial charge < -0.3 is 4.98 Å². The second kappa shape index (κ2) is 5.98. The van der Waals surface area contributed by atoms with E-state index < -0.39 is 0 Å². The Labute approximate surface area is 139 Å². The number of benzene rings is 1. The average molecular weight is 328 g/mol. The largest absolute Gasteiger partial charge is 0.361 e. The molecular weight excluding hydrogens is 307 g/mol. The molecule has 3 aromatic rings. The van der Waals surface area contributed by atoms with Crippen molar-refractivity contribution in [3.05, 3.63) is 41.6 Å². The second-order valence-electron chi connectivity index (χ2n) is 6.58. The molecule has 7 heteroatoms. The predicted molar refractivity (Wildman–Crippen MR) is 89.0 cm³/mol. The highest BCUT2D eigenvalue weighted by Gasteiger charge is 2.27. The highest BCUT2D eigenvalue weighted by Crippen LogP contribution is 2.35. The Morgan fingerprint density at radius 1 is 1.29 bits per heavy atom. The van der Waals surface area contributed by atoms with Gasteiger partial charge in [0.2, 0.25) is 0 Å². The first-order valence-corrected chi connectivity index (χ1v) is 8.36. The molecule has 3 heterocycles. The molecule has 0 unspecified atom stereocenters. The third-order valence-corrected chi connectivity index (χ3v) is 5.22. The Balaban J connectivity index is 1.48. The molecule has 1 aromatic carbocycles. The van der Waals surface area contributed by atoms with Crippen LogP contribution >= 0.6 is 0 Å². The fraction of sp³-hybridized carbons (Fsp3) is 0.471. The monoisotopic (exact) mass is 328 g/mol. The molecule has 1 N–H and O–H groups in total. The number of fused-ring (bicyclic) bond motifs is 1. The van der Waals surface area contributed by atoms with Crippen LogP contribution in [0.1, 0.15) is 43.1 Å². The van der Waals surface area contributed by atoms with E-state index in [9.17, 15) is 4.39 Å². The van der Waals surface area contributed by atoms with Crippen molar-refractivity contribution in [1.29, 1.82) is 0 Å². The number of tetrazole rings is 1. The van der Waals surface area contributed by atoms with Crippen LogP contribution in [0.25, 0.3) is 10.9 Å². The van der Waals surface area contributed by atoms with Crippen molar-refractivity contribution >= 4 is 10.9 Å². The molecule has 24 heavy (non-hydrogen) atoms. The molecule has 6 nitrogen and oxygen atoms in total. The van der Waals surface area contributed by atoms with Gasteiger partial charge in [0.15, 0.2) is 5.82 Å². The van der Waals surface area contributed by atoms with Crippen LogP contribution < -0.4 is 0 Å². The molecular formula is C17H21FN6. The third-order valence-electron chi connectivity index (χ3n) is 5.22. The van der Waals surface area contributed by atoms with Gasteiger partial charge in [-0.1, -0.05) is 0 Å². The van der Waals surface area contributed by atoms with E-state index in [-0.39, 0.29) is 11.9 Å². The maximum Gasteiger partial charge on any atom is 0.167 e. The minimum Gasteiger partial charge on any atom is -0.361 e. The van der Waals surface area contributed by atoms with Crippen molar-refractivity contribution in [2.24, 2.45) is 7.05 Å². The number of aromatic nitrogens is 5. The molecule has 1 atom stereocenters. The number of hydrogen-bond donors (Lipinski definition) is 1. The lowest BCUT2D eigenvalue weighted by molar-refractivity contribution is 0.154. The van der Waals surface area contributed by atoms with Gasteiger partial charge in [-0.3, -0.25) is 4.90 Å². The van der Waals surface area contributed by atoms with Gasteiger partial charge in [-0.25, -0.2) is 9.07 Å². The summed E-state index contributed by atoms with van der Waals surface area (Å²) in [5.74, 6) is 1.21. The Kier molecular flexibility index (Phi) is 3.80. The molecule has 1 saturated heterocycles. The van der Waals surface area contributed by atoms with E-state index in [2.05, 4.69) is 32.3 Å². The second-order valence-corrected chi connectivity index (χ2v) is 6.58. The zero-order chi connectivity index (χ0) is 16.7. The lowest BCUT2D eigenvalue weighted by Crippen LogP contribution is -2.36. The summed E-state index contributed by atoms with van der Waals surface area (Å²) in [6.45, 7) is 4.17. The van der Waals surface area contributed by atoms with Crippen molar-refractivity contribution < 1.29 is 4.39 Å². The quantitative estimate of drug-likeness (QED) is 0.803.